The Labute approximate surface area is 112 Å². The zero-order chi connectivity index (χ0) is 15.3. The van der Waals surface area contributed by atoms with Crippen LogP contribution in [0.4, 0.5) is 13.2 Å². The molecule has 0 heterocycles. The summed E-state index contributed by atoms with van der Waals surface area (Å²) in [5.74, 6) is -1.08. The minimum Gasteiger partial charge on any atom is -0.508 e. The topological polar surface area (TPSA) is 80.9 Å². The van der Waals surface area contributed by atoms with E-state index >= 15 is 0 Å². The third kappa shape index (κ3) is 4.60. The molecule has 4 nitrogen and oxygen atoms in total. The van der Waals surface area contributed by atoms with Crippen molar-refractivity contribution in [3.8, 4) is 23.0 Å². The molecule has 7 heteroatoms. The first-order chi connectivity index (χ1) is 9.20. The highest BCUT2D eigenvalue weighted by Crippen LogP contribution is 2.37. The first-order valence-electron chi connectivity index (χ1n) is 5.27. The standard InChI is InChI=1S/C7H5F3O2.C6H6O2/c8-7(9,10)5-3-4(11)1-2-6(5)12;7-5-1-2-6(8)4-3-5/h1-3,11-12H;1-4,7-8H. The molecule has 0 aliphatic heterocycles. The van der Waals surface area contributed by atoms with Crippen molar-refractivity contribution >= 4 is 0 Å². The summed E-state index contributed by atoms with van der Waals surface area (Å²) in [6.45, 7) is 0. The SMILES string of the molecule is Oc1ccc(O)c(C(F)(F)F)c1.Oc1ccc(O)cc1. The van der Waals surface area contributed by atoms with Gasteiger partial charge in [-0.25, -0.2) is 0 Å². The van der Waals surface area contributed by atoms with Crippen molar-refractivity contribution < 1.29 is 33.6 Å². The molecular weight excluding hydrogens is 277 g/mol. The van der Waals surface area contributed by atoms with Gasteiger partial charge in [0, 0.05) is 0 Å². The zero-order valence-electron chi connectivity index (χ0n) is 9.96. The average molecular weight is 288 g/mol. The molecule has 2 aromatic carbocycles. The highest BCUT2D eigenvalue weighted by molar-refractivity contribution is 5.40. The molecule has 0 bridgehead atoms. The Kier molecular flexibility index (Phi) is 4.68. The van der Waals surface area contributed by atoms with E-state index in [2.05, 4.69) is 0 Å². The van der Waals surface area contributed by atoms with Gasteiger partial charge in [0.1, 0.15) is 28.6 Å². The van der Waals surface area contributed by atoms with Gasteiger partial charge in [-0.1, -0.05) is 0 Å². The largest absolute Gasteiger partial charge is 0.508 e. The van der Waals surface area contributed by atoms with Gasteiger partial charge in [-0.15, -0.1) is 0 Å². The van der Waals surface area contributed by atoms with Crippen LogP contribution >= 0.6 is 0 Å². The minimum absolute atomic E-state index is 0.169. The van der Waals surface area contributed by atoms with E-state index in [1.165, 1.54) is 24.3 Å². The Morgan fingerprint density at radius 2 is 1.05 bits per heavy atom. The van der Waals surface area contributed by atoms with Crippen LogP contribution in [0.3, 0.4) is 0 Å². The maximum atomic E-state index is 12.0. The summed E-state index contributed by atoms with van der Waals surface area (Å²) in [6.07, 6.45) is -4.64. The van der Waals surface area contributed by atoms with Crippen molar-refractivity contribution in [2.75, 3.05) is 0 Å². The smallest absolute Gasteiger partial charge is 0.420 e. The van der Waals surface area contributed by atoms with E-state index in [0.29, 0.717) is 6.07 Å². The molecule has 0 atom stereocenters. The Morgan fingerprint density at radius 3 is 1.40 bits per heavy atom. The van der Waals surface area contributed by atoms with E-state index < -0.39 is 23.2 Å². The fourth-order valence-corrected chi connectivity index (χ4v) is 1.20. The molecule has 0 spiro atoms. The maximum Gasteiger partial charge on any atom is 0.420 e. The molecule has 0 aromatic heterocycles. The van der Waals surface area contributed by atoms with Crippen LogP contribution in [0.15, 0.2) is 42.5 Å². The van der Waals surface area contributed by atoms with E-state index in [0.717, 1.165) is 12.1 Å². The van der Waals surface area contributed by atoms with Gasteiger partial charge in [0.05, 0.1) is 0 Å². The molecule has 2 aromatic rings. The van der Waals surface area contributed by atoms with Crippen molar-refractivity contribution in [2.45, 2.75) is 6.18 Å². The quantitative estimate of drug-likeness (QED) is 0.561. The number of rotatable bonds is 0. The van der Waals surface area contributed by atoms with Crippen LogP contribution in [0.25, 0.3) is 0 Å². The molecule has 2 rings (SSSR count). The van der Waals surface area contributed by atoms with E-state index in [1.807, 2.05) is 0 Å². The molecule has 108 valence electrons. The Balaban J connectivity index is 0.000000217. The van der Waals surface area contributed by atoms with Gasteiger partial charge >= 0.3 is 6.18 Å². The van der Waals surface area contributed by atoms with E-state index in [1.54, 1.807) is 0 Å². The summed E-state index contributed by atoms with van der Waals surface area (Å²) >= 11 is 0. The molecule has 0 aliphatic carbocycles. The Morgan fingerprint density at radius 1 is 0.650 bits per heavy atom. The number of hydrogen-bond donors (Lipinski definition) is 4. The van der Waals surface area contributed by atoms with Gasteiger partial charge in [-0.2, -0.15) is 13.2 Å². The number of aromatic hydroxyl groups is 4. The highest BCUT2D eigenvalue weighted by atomic mass is 19.4. The molecule has 0 radical (unpaired) electrons. The lowest BCUT2D eigenvalue weighted by Gasteiger charge is -2.08. The molecular formula is C13H11F3O4. The lowest BCUT2D eigenvalue weighted by atomic mass is 10.2. The Bertz CT molecular complexity index is 544. The minimum atomic E-state index is -4.64. The van der Waals surface area contributed by atoms with E-state index in [9.17, 15) is 13.2 Å². The predicted octanol–water partition coefficient (Wildman–Crippen LogP) is 3.21. The van der Waals surface area contributed by atoms with Gasteiger partial charge in [-0.3, -0.25) is 0 Å². The second kappa shape index (κ2) is 6.05. The first-order valence-corrected chi connectivity index (χ1v) is 5.27. The second-order valence-corrected chi connectivity index (χ2v) is 3.72. The van der Waals surface area contributed by atoms with E-state index in [-0.39, 0.29) is 11.5 Å². The summed E-state index contributed by atoms with van der Waals surface area (Å²) in [6, 6.07) is 7.94. The fraction of sp³-hybridized carbons (Fsp3) is 0.0769. The van der Waals surface area contributed by atoms with Crippen molar-refractivity contribution in [1.29, 1.82) is 0 Å². The number of phenolic OH excluding ortho intramolecular Hbond substituents is 4. The van der Waals surface area contributed by atoms with Gasteiger partial charge in [0.25, 0.3) is 0 Å². The monoisotopic (exact) mass is 288 g/mol. The van der Waals surface area contributed by atoms with Crippen LogP contribution in [0, 0.1) is 0 Å². The van der Waals surface area contributed by atoms with E-state index in [4.69, 9.17) is 20.4 Å². The van der Waals surface area contributed by atoms with Crippen LogP contribution in [0.1, 0.15) is 5.56 Å². The Hall–Kier alpha value is -2.57. The summed E-state index contributed by atoms with van der Waals surface area (Å²) in [4.78, 5) is 0. The number of benzene rings is 2. The van der Waals surface area contributed by atoms with Crippen LogP contribution in [-0.4, -0.2) is 20.4 Å². The average Bonchev–Trinajstić information content (AvgIpc) is 2.35. The number of halogens is 3. The van der Waals surface area contributed by atoms with Crippen molar-refractivity contribution in [1.82, 2.24) is 0 Å². The van der Waals surface area contributed by atoms with Crippen molar-refractivity contribution in [2.24, 2.45) is 0 Å². The lowest BCUT2D eigenvalue weighted by Crippen LogP contribution is -2.04. The van der Waals surface area contributed by atoms with Crippen LogP contribution in [0.2, 0.25) is 0 Å². The third-order valence-electron chi connectivity index (χ3n) is 2.14. The van der Waals surface area contributed by atoms with Gasteiger partial charge in [-0.05, 0) is 42.5 Å². The van der Waals surface area contributed by atoms with Gasteiger partial charge < -0.3 is 20.4 Å². The summed E-state index contributed by atoms with van der Waals surface area (Å²) in [5, 5.41) is 34.7. The molecule has 0 unspecified atom stereocenters. The fourth-order valence-electron chi connectivity index (χ4n) is 1.20. The second-order valence-electron chi connectivity index (χ2n) is 3.72. The molecule has 0 saturated carbocycles. The molecule has 20 heavy (non-hydrogen) atoms. The zero-order valence-corrected chi connectivity index (χ0v) is 9.96. The van der Waals surface area contributed by atoms with Crippen LogP contribution in [-0.2, 0) is 6.18 Å². The van der Waals surface area contributed by atoms with Gasteiger partial charge in [0.15, 0.2) is 0 Å². The maximum absolute atomic E-state index is 12.0. The van der Waals surface area contributed by atoms with Crippen molar-refractivity contribution in [3.05, 3.63) is 48.0 Å². The number of alkyl halides is 3. The number of hydrogen-bond acceptors (Lipinski definition) is 4. The number of phenols is 4. The summed E-state index contributed by atoms with van der Waals surface area (Å²) in [7, 11) is 0. The third-order valence-corrected chi connectivity index (χ3v) is 2.14. The summed E-state index contributed by atoms with van der Waals surface area (Å²) < 4.78 is 35.9. The molecule has 0 amide bonds. The van der Waals surface area contributed by atoms with Crippen LogP contribution < -0.4 is 0 Å². The molecule has 4 N–H and O–H groups in total. The van der Waals surface area contributed by atoms with Gasteiger partial charge in [0.2, 0.25) is 0 Å². The molecule has 0 fully saturated rings. The first kappa shape index (κ1) is 15.5. The molecule has 0 aliphatic rings. The predicted molar refractivity (Wildman–Crippen MR) is 64.5 cm³/mol. The lowest BCUT2D eigenvalue weighted by molar-refractivity contribution is -0.138. The normalized spacial score (nSPS) is 10.6. The van der Waals surface area contributed by atoms with Crippen molar-refractivity contribution in [3.63, 3.8) is 0 Å². The highest BCUT2D eigenvalue weighted by Gasteiger charge is 2.34. The van der Waals surface area contributed by atoms with Crippen LogP contribution in [0.5, 0.6) is 23.0 Å². The summed E-state index contributed by atoms with van der Waals surface area (Å²) in [5.41, 5.74) is -1.23. The molecule has 0 saturated heterocycles.